The lowest BCUT2D eigenvalue weighted by Gasteiger charge is -1.99. The Kier molecular flexibility index (Phi) is 3.96. The molecule has 0 aliphatic carbocycles. The first-order valence-corrected chi connectivity index (χ1v) is 6.35. The van der Waals surface area contributed by atoms with Crippen LogP contribution in [-0.4, -0.2) is 20.9 Å². The van der Waals surface area contributed by atoms with Crippen molar-refractivity contribution in [2.75, 3.05) is 5.88 Å². The lowest BCUT2D eigenvalue weighted by Crippen LogP contribution is -1.94. The molecule has 0 bridgehead atoms. The van der Waals surface area contributed by atoms with Gasteiger partial charge in [0.05, 0.1) is 17.6 Å². The molecule has 5 heteroatoms. The molecule has 0 atom stereocenters. The van der Waals surface area contributed by atoms with Crippen LogP contribution in [0.25, 0.3) is 5.69 Å². The van der Waals surface area contributed by atoms with E-state index < -0.39 is 0 Å². The molecule has 0 N–H and O–H groups in total. The second-order valence-corrected chi connectivity index (χ2v) is 4.72. The Hall–Kier alpha value is -0.870. The van der Waals surface area contributed by atoms with Crippen LogP contribution in [0.15, 0.2) is 34.9 Å². The van der Waals surface area contributed by atoms with Gasteiger partial charge in [0, 0.05) is 10.4 Å². The molecule has 0 spiro atoms. The van der Waals surface area contributed by atoms with Crippen molar-refractivity contribution >= 4 is 27.5 Å². The summed E-state index contributed by atoms with van der Waals surface area (Å²) in [6, 6.07) is 7.94. The van der Waals surface area contributed by atoms with E-state index in [1.165, 1.54) is 0 Å². The number of halogens is 2. The largest absolute Gasteiger partial charge is 0.220 e. The van der Waals surface area contributed by atoms with E-state index in [9.17, 15) is 0 Å². The van der Waals surface area contributed by atoms with Gasteiger partial charge in [0.2, 0.25) is 0 Å². The van der Waals surface area contributed by atoms with Crippen LogP contribution < -0.4 is 0 Å². The molecule has 16 heavy (non-hydrogen) atoms. The van der Waals surface area contributed by atoms with Gasteiger partial charge in [0.1, 0.15) is 0 Å². The Bertz CT molecular complexity index is 470. The molecule has 1 aromatic carbocycles. The van der Waals surface area contributed by atoms with Crippen molar-refractivity contribution in [3.05, 3.63) is 40.6 Å². The summed E-state index contributed by atoms with van der Waals surface area (Å²) in [7, 11) is 0. The van der Waals surface area contributed by atoms with Gasteiger partial charge in [-0.3, -0.25) is 0 Å². The van der Waals surface area contributed by atoms with Crippen molar-refractivity contribution < 1.29 is 0 Å². The fourth-order valence-electron chi connectivity index (χ4n) is 1.41. The van der Waals surface area contributed by atoms with Gasteiger partial charge in [-0.1, -0.05) is 27.2 Å². The maximum Gasteiger partial charge on any atom is 0.0832 e. The normalized spacial score (nSPS) is 10.6. The molecule has 2 rings (SSSR count). The van der Waals surface area contributed by atoms with E-state index in [-0.39, 0.29) is 0 Å². The van der Waals surface area contributed by atoms with Gasteiger partial charge in [0.25, 0.3) is 0 Å². The highest BCUT2D eigenvalue weighted by Crippen LogP contribution is 2.14. The molecule has 0 saturated heterocycles. The molecule has 0 aliphatic rings. The molecular weight excluding hydrogens is 289 g/mol. The smallest absolute Gasteiger partial charge is 0.0832 e. The van der Waals surface area contributed by atoms with Crippen LogP contribution in [0.5, 0.6) is 0 Å². The standard InChI is InChI=1S/C11H11BrClN3/c12-9-3-1-5-11(7-9)16-8-10(14-15-16)4-2-6-13/h1,3,5,7-8H,2,4,6H2. The van der Waals surface area contributed by atoms with Crippen LogP contribution in [-0.2, 0) is 6.42 Å². The molecule has 0 fully saturated rings. The van der Waals surface area contributed by atoms with Crippen LogP contribution in [0.1, 0.15) is 12.1 Å². The monoisotopic (exact) mass is 299 g/mol. The Labute approximate surface area is 108 Å². The van der Waals surface area contributed by atoms with E-state index in [0.29, 0.717) is 5.88 Å². The second kappa shape index (κ2) is 5.46. The molecule has 0 radical (unpaired) electrons. The fourth-order valence-corrected chi connectivity index (χ4v) is 1.93. The van der Waals surface area contributed by atoms with E-state index in [2.05, 4.69) is 26.2 Å². The summed E-state index contributed by atoms with van der Waals surface area (Å²) in [5.74, 6) is 0.656. The predicted octanol–water partition coefficient (Wildman–Crippen LogP) is 3.20. The molecular formula is C11H11BrClN3. The molecule has 0 amide bonds. The number of rotatable bonds is 4. The van der Waals surface area contributed by atoms with Crippen molar-refractivity contribution in [3.63, 3.8) is 0 Å². The number of aryl methyl sites for hydroxylation is 1. The van der Waals surface area contributed by atoms with E-state index in [1.54, 1.807) is 4.68 Å². The number of nitrogens with zero attached hydrogens (tertiary/aromatic N) is 3. The van der Waals surface area contributed by atoms with E-state index in [4.69, 9.17) is 11.6 Å². The van der Waals surface area contributed by atoms with Crippen molar-refractivity contribution in [1.82, 2.24) is 15.0 Å². The Morgan fingerprint density at radius 1 is 1.38 bits per heavy atom. The Morgan fingerprint density at radius 2 is 2.25 bits per heavy atom. The van der Waals surface area contributed by atoms with E-state index in [1.807, 2.05) is 30.5 Å². The Morgan fingerprint density at radius 3 is 3.00 bits per heavy atom. The summed E-state index contributed by atoms with van der Waals surface area (Å²) < 4.78 is 2.80. The van der Waals surface area contributed by atoms with Crippen LogP contribution in [0.2, 0.25) is 0 Å². The summed E-state index contributed by atoms with van der Waals surface area (Å²) in [5, 5.41) is 8.18. The van der Waals surface area contributed by atoms with E-state index in [0.717, 1.165) is 28.7 Å². The van der Waals surface area contributed by atoms with Gasteiger partial charge in [-0.15, -0.1) is 16.7 Å². The number of benzene rings is 1. The van der Waals surface area contributed by atoms with Crippen molar-refractivity contribution in [3.8, 4) is 5.69 Å². The maximum atomic E-state index is 5.63. The van der Waals surface area contributed by atoms with Crippen LogP contribution >= 0.6 is 27.5 Å². The molecule has 0 unspecified atom stereocenters. The van der Waals surface area contributed by atoms with Gasteiger partial charge in [0.15, 0.2) is 0 Å². The lowest BCUT2D eigenvalue weighted by atomic mass is 10.3. The van der Waals surface area contributed by atoms with Gasteiger partial charge < -0.3 is 0 Å². The van der Waals surface area contributed by atoms with E-state index >= 15 is 0 Å². The predicted molar refractivity (Wildman–Crippen MR) is 68.1 cm³/mol. The molecule has 84 valence electrons. The first kappa shape index (κ1) is 11.6. The minimum atomic E-state index is 0.656. The minimum Gasteiger partial charge on any atom is -0.220 e. The summed E-state index contributed by atoms with van der Waals surface area (Å²) in [6.45, 7) is 0. The summed E-state index contributed by atoms with van der Waals surface area (Å²) >= 11 is 9.06. The number of alkyl halides is 1. The fraction of sp³-hybridized carbons (Fsp3) is 0.273. The van der Waals surface area contributed by atoms with Crippen LogP contribution in [0.4, 0.5) is 0 Å². The molecule has 0 saturated carbocycles. The molecule has 1 aromatic heterocycles. The first-order chi connectivity index (χ1) is 7.79. The Balaban J connectivity index is 2.18. The van der Waals surface area contributed by atoms with Gasteiger partial charge in [-0.05, 0) is 31.0 Å². The highest BCUT2D eigenvalue weighted by Gasteiger charge is 2.02. The van der Waals surface area contributed by atoms with Gasteiger partial charge in [-0.2, -0.15) is 0 Å². The third-order valence-electron chi connectivity index (χ3n) is 2.18. The summed E-state index contributed by atoms with van der Waals surface area (Å²) in [6.07, 6.45) is 3.74. The zero-order valence-electron chi connectivity index (χ0n) is 8.61. The highest BCUT2D eigenvalue weighted by atomic mass is 79.9. The summed E-state index contributed by atoms with van der Waals surface area (Å²) in [4.78, 5) is 0. The van der Waals surface area contributed by atoms with Crippen molar-refractivity contribution in [2.45, 2.75) is 12.8 Å². The lowest BCUT2D eigenvalue weighted by molar-refractivity contribution is 0.792. The third kappa shape index (κ3) is 2.83. The van der Waals surface area contributed by atoms with Crippen LogP contribution in [0, 0.1) is 0 Å². The molecule has 0 aliphatic heterocycles. The third-order valence-corrected chi connectivity index (χ3v) is 2.94. The topological polar surface area (TPSA) is 30.7 Å². The number of hydrogen-bond donors (Lipinski definition) is 0. The minimum absolute atomic E-state index is 0.656. The quantitative estimate of drug-likeness (QED) is 0.812. The highest BCUT2D eigenvalue weighted by molar-refractivity contribution is 9.10. The zero-order chi connectivity index (χ0) is 11.4. The zero-order valence-corrected chi connectivity index (χ0v) is 10.9. The number of hydrogen-bond acceptors (Lipinski definition) is 2. The SMILES string of the molecule is ClCCCc1cn(-c2cccc(Br)c2)nn1. The molecule has 2 aromatic rings. The average Bonchev–Trinajstić information content (AvgIpc) is 2.75. The maximum absolute atomic E-state index is 5.63. The van der Waals surface area contributed by atoms with Gasteiger partial charge >= 0.3 is 0 Å². The van der Waals surface area contributed by atoms with Crippen molar-refractivity contribution in [2.24, 2.45) is 0 Å². The summed E-state index contributed by atoms with van der Waals surface area (Å²) in [5.41, 5.74) is 1.97. The average molecular weight is 301 g/mol. The van der Waals surface area contributed by atoms with Crippen molar-refractivity contribution in [1.29, 1.82) is 0 Å². The number of aromatic nitrogens is 3. The first-order valence-electron chi connectivity index (χ1n) is 5.03. The molecule has 1 heterocycles. The van der Waals surface area contributed by atoms with Gasteiger partial charge in [-0.25, -0.2) is 4.68 Å². The van der Waals surface area contributed by atoms with Crippen LogP contribution in [0.3, 0.4) is 0 Å². The molecule has 3 nitrogen and oxygen atoms in total. The second-order valence-electron chi connectivity index (χ2n) is 3.43.